The first-order chi connectivity index (χ1) is 9.66. The fraction of sp³-hybridized carbons (Fsp3) is 0.500. The molecule has 0 radical (unpaired) electrons. The Kier molecular flexibility index (Phi) is 3.57. The molecule has 4 heteroatoms. The van der Waals surface area contributed by atoms with Crippen LogP contribution in [0.15, 0.2) is 18.2 Å². The van der Waals surface area contributed by atoms with E-state index in [1.807, 2.05) is 25.1 Å². The number of likely N-dealkylation sites (tertiary alicyclic amines) is 1. The number of anilines is 1. The highest BCUT2D eigenvalue weighted by molar-refractivity contribution is 6.52. The van der Waals surface area contributed by atoms with Crippen LogP contribution in [0.5, 0.6) is 0 Å². The van der Waals surface area contributed by atoms with Crippen LogP contribution in [0.3, 0.4) is 0 Å². The molecule has 4 nitrogen and oxygen atoms in total. The zero-order valence-electron chi connectivity index (χ0n) is 11.9. The number of hydrogen-bond acceptors (Lipinski definition) is 3. The molecule has 2 heterocycles. The molecule has 0 spiro atoms. The van der Waals surface area contributed by atoms with Gasteiger partial charge in [0.1, 0.15) is 0 Å². The largest absolute Gasteiger partial charge is 0.305 e. The van der Waals surface area contributed by atoms with E-state index in [0.717, 1.165) is 24.2 Å². The van der Waals surface area contributed by atoms with Crippen molar-refractivity contribution in [2.24, 2.45) is 0 Å². The van der Waals surface area contributed by atoms with Gasteiger partial charge in [-0.15, -0.1) is 0 Å². The third-order valence-corrected chi connectivity index (χ3v) is 4.18. The molecule has 0 aromatic heterocycles. The molecule has 2 aliphatic rings. The summed E-state index contributed by atoms with van der Waals surface area (Å²) in [6.45, 7) is 5.93. The number of nitrogens with zero attached hydrogens (tertiary/aromatic N) is 2. The highest BCUT2D eigenvalue weighted by Crippen LogP contribution is 2.29. The van der Waals surface area contributed by atoms with E-state index in [2.05, 4.69) is 4.90 Å². The molecule has 20 heavy (non-hydrogen) atoms. The van der Waals surface area contributed by atoms with Crippen LogP contribution >= 0.6 is 0 Å². The van der Waals surface area contributed by atoms with Crippen molar-refractivity contribution in [2.75, 3.05) is 31.1 Å². The second kappa shape index (κ2) is 5.37. The first-order valence-electron chi connectivity index (χ1n) is 7.36. The summed E-state index contributed by atoms with van der Waals surface area (Å²) in [7, 11) is 0. The van der Waals surface area contributed by atoms with Gasteiger partial charge in [0.25, 0.3) is 11.7 Å². The van der Waals surface area contributed by atoms with Crippen molar-refractivity contribution < 1.29 is 9.59 Å². The van der Waals surface area contributed by atoms with E-state index >= 15 is 0 Å². The molecule has 1 fully saturated rings. The maximum absolute atomic E-state index is 12.1. The summed E-state index contributed by atoms with van der Waals surface area (Å²) in [5.74, 6) is -0.725. The van der Waals surface area contributed by atoms with Crippen molar-refractivity contribution in [3.63, 3.8) is 0 Å². The van der Waals surface area contributed by atoms with E-state index in [-0.39, 0.29) is 11.7 Å². The van der Waals surface area contributed by atoms with Crippen LogP contribution in [0, 0.1) is 6.92 Å². The molecule has 3 rings (SSSR count). The lowest BCUT2D eigenvalue weighted by molar-refractivity contribution is -0.114. The van der Waals surface area contributed by atoms with Crippen molar-refractivity contribution in [2.45, 2.75) is 26.2 Å². The molecule has 0 unspecified atom stereocenters. The van der Waals surface area contributed by atoms with E-state index < -0.39 is 0 Å². The molecular formula is C16H20N2O2. The predicted octanol–water partition coefficient (Wildman–Crippen LogP) is 2.01. The Bertz CT molecular complexity index is 547. The Hall–Kier alpha value is -1.68. The number of rotatable bonds is 4. The summed E-state index contributed by atoms with van der Waals surface area (Å²) >= 11 is 0. The number of benzene rings is 1. The molecule has 1 amide bonds. The highest BCUT2D eigenvalue weighted by atomic mass is 16.2. The van der Waals surface area contributed by atoms with E-state index in [0.29, 0.717) is 12.1 Å². The smallest absolute Gasteiger partial charge is 0.299 e. The molecule has 0 atom stereocenters. The molecule has 2 aliphatic heterocycles. The fourth-order valence-electron chi connectivity index (χ4n) is 3.09. The number of hydrogen-bond donors (Lipinski definition) is 0. The maximum atomic E-state index is 12.1. The SMILES string of the molecule is Cc1ccc2c(c1)C(=O)C(=O)N2CCCN1CCCC1. The zero-order chi connectivity index (χ0) is 14.1. The predicted molar refractivity (Wildman–Crippen MR) is 78.2 cm³/mol. The van der Waals surface area contributed by atoms with Gasteiger partial charge in [-0.2, -0.15) is 0 Å². The molecule has 0 N–H and O–H groups in total. The molecular weight excluding hydrogens is 252 g/mol. The minimum absolute atomic E-state index is 0.357. The van der Waals surface area contributed by atoms with Gasteiger partial charge in [0, 0.05) is 6.54 Å². The molecule has 1 saturated heterocycles. The average molecular weight is 272 g/mol. The fourth-order valence-corrected chi connectivity index (χ4v) is 3.09. The Morgan fingerprint density at radius 1 is 1.10 bits per heavy atom. The summed E-state index contributed by atoms with van der Waals surface area (Å²) < 4.78 is 0. The van der Waals surface area contributed by atoms with Crippen LogP contribution in [0.2, 0.25) is 0 Å². The van der Waals surface area contributed by atoms with Crippen molar-refractivity contribution in [1.82, 2.24) is 4.90 Å². The van der Waals surface area contributed by atoms with Gasteiger partial charge in [-0.25, -0.2) is 0 Å². The quantitative estimate of drug-likeness (QED) is 0.787. The normalized spacial score (nSPS) is 18.9. The number of amides is 1. The van der Waals surface area contributed by atoms with Gasteiger partial charge in [0.2, 0.25) is 0 Å². The number of ketones is 1. The third kappa shape index (κ3) is 2.36. The third-order valence-electron chi connectivity index (χ3n) is 4.18. The highest BCUT2D eigenvalue weighted by Gasteiger charge is 2.35. The summed E-state index contributed by atoms with van der Waals surface area (Å²) in [5, 5.41) is 0. The van der Waals surface area contributed by atoms with Crippen LogP contribution < -0.4 is 4.90 Å². The second-order valence-electron chi connectivity index (χ2n) is 5.71. The van der Waals surface area contributed by atoms with Gasteiger partial charge in [-0.3, -0.25) is 9.59 Å². The molecule has 1 aromatic carbocycles. The number of Topliss-reactive ketones (excluding diaryl/α,β-unsaturated/α-hetero) is 1. The number of fused-ring (bicyclic) bond motifs is 1. The minimum atomic E-state index is -0.368. The van der Waals surface area contributed by atoms with Crippen LogP contribution in [0.25, 0.3) is 0 Å². The van der Waals surface area contributed by atoms with Crippen LogP contribution in [0.4, 0.5) is 5.69 Å². The first kappa shape index (κ1) is 13.3. The van der Waals surface area contributed by atoms with E-state index in [1.54, 1.807) is 4.90 Å². The summed E-state index contributed by atoms with van der Waals surface area (Å²) in [5.41, 5.74) is 2.37. The van der Waals surface area contributed by atoms with Crippen molar-refractivity contribution in [3.05, 3.63) is 29.3 Å². The van der Waals surface area contributed by atoms with Gasteiger partial charge < -0.3 is 9.80 Å². The molecule has 1 aromatic rings. The zero-order valence-corrected chi connectivity index (χ0v) is 11.9. The lowest BCUT2D eigenvalue weighted by Crippen LogP contribution is -2.33. The number of carbonyl (C=O) groups is 2. The maximum Gasteiger partial charge on any atom is 0.299 e. The monoisotopic (exact) mass is 272 g/mol. The Balaban J connectivity index is 1.67. The molecule has 0 aliphatic carbocycles. The number of carbonyl (C=O) groups excluding carboxylic acids is 2. The van der Waals surface area contributed by atoms with Crippen molar-refractivity contribution in [1.29, 1.82) is 0 Å². The Morgan fingerprint density at radius 3 is 2.60 bits per heavy atom. The van der Waals surface area contributed by atoms with Gasteiger partial charge in [-0.1, -0.05) is 11.6 Å². The van der Waals surface area contributed by atoms with Crippen LogP contribution in [0.1, 0.15) is 35.2 Å². The summed E-state index contributed by atoms with van der Waals surface area (Å²) in [4.78, 5) is 28.1. The molecule has 0 saturated carbocycles. The van der Waals surface area contributed by atoms with Crippen LogP contribution in [-0.2, 0) is 4.79 Å². The lowest BCUT2D eigenvalue weighted by Gasteiger charge is -2.19. The van der Waals surface area contributed by atoms with Crippen molar-refractivity contribution >= 4 is 17.4 Å². The number of aryl methyl sites for hydroxylation is 1. The Morgan fingerprint density at radius 2 is 1.85 bits per heavy atom. The summed E-state index contributed by atoms with van der Waals surface area (Å²) in [6.07, 6.45) is 3.48. The van der Waals surface area contributed by atoms with Crippen molar-refractivity contribution in [3.8, 4) is 0 Å². The van der Waals surface area contributed by atoms with E-state index in [4.69, 9.17) is 0 Å². The minimum Gasteiger partial charge on any atom is -0.305 e. The topological polar surface area (TPSA) is 40.6 Å². The first-order valence-corrected chi connectivity index (χ1v) is 7.36. The Labute approximate surface area is 119 Å². The van der Waals surface area contributed by atoms with E-state index in [9.17, 15) is 9.59 Å². The van der Waals surface area contributed by atoms with Gasteiger partial charge in [0.15, 0.2) is 0 Å². The van der Waals surface area contributed by atoms with Gasteiger partial charge in [0.05, 0.1) is 11.3 Å². The lowest BCUT2D eigenvalue weighted by atomic mass is 10.1. The molecule has 0 bridgehead atoms. The summed E-state index contributed by atoms with van der Waals surface area (Å²) in [6, 6.07) is 5.66. The average Bonchev–Trinajstić information content (AvgIpc) is 3.02. The second-order valence-corrected chi connectivity index (χ2v) is 5.71. The van der Waals surface area contributed by atoms with Gasteiger partial charge >= 0.3 is 0 Å². The van der Waals surface area contributed by atoms with Crippen LogP contribution in [-0.4, -0.2) is 42.8 Å². The van der Waals surface area contributed by atoms with E-state index in [1.165, 1.54) is 25.9 Å². The standard InChI is InChI=1S/C16H20N2O2/c1-12-5-6-14-13(11-12)15(19)16(20)18(14)10-4-9-17-7-2-3-8-17/h5-6,11H,2-4,7-10H2,1H3. The van der Waals surface area contributed by atoms with Gasteiger partial charge in [-0.05, 0) is 58.0 Å². The molecule has 106 valence electrons.